The number of para-hydroxylation sites is 1. The molecule has 0 aliphatic rings. The Hall–Kier alpha value is -2.54. The molecule has 0 saturated carbocycles. The molecule has 0 aliphatic heterocycles. The van der Waals surface area contributed by atoms with E-state index in [4.69, 9.17) is 4.74 Å². The van der Waals surface area contributed by atoms with Crippen LogP contribution in [0, 0.1) is 0 Å². The molecule has 2 rings (SSSR count). The van der Waals surface area contributed by atoms with Gasteiger partial charge in [-0.25, -0.2) is 4.99 Å². The molecule has 7 heteroatoms. The van der Waals surface area contributed by atoms with Crippen LogP contribution in [0.5, 0.6) is 5.75 Å². The number of hydrogen-bond acceptors (Lipinski definition) is 4. The van der Waals surface area contributed by atoms with Gasteiger partial charge in [0.25, 0.3) is 0 Å². The molecular formula is C18H27N5O2. The molecule has 7 nitrogen and oxygen atoms in total. The highest BCUT2D eigenvalue weighted by Crippen LogP contribution is 2.19. The highest BCUT2D eigenvalue weighted by atomic mass is 16.5. The first-order valence-corrected chi connectivity index (χ1v) is 8.43. The summed E-state index contributed by atoms with van der Waals surface area (Å²) >= 11 is 0. The first-order valence-electron chi connectivity index (χ1n) is 8.43. The Kier molecular flexibility index (Phi) is 6.82. The van der Waals surface area contributed by atoms with Crippen LogP contribution < -0.4 is 15.4 Å². The number of nitrogens with one attached hydrogen (secondary N) is 2. The summed E-state index contributed by atoms with van der Waals surface area (Å²) in [4.78, 5) is 4.47. The Morgan fingerprint density at radius 3 is 2.72 bits per heavy atom. The van der Waals surface area contributed by atoms with Gasteiger partial charge in [0.1, 0.15) is 18.0 Å². The molecule has 1 atom stereocenters. The van der Waals surface area contributed by atoms with Crippen molar-refractivity contribution < 1.29 is 9.84 Å². The lowest BCUT2D eigenvalue weighted by Crippen LogP contribution is -2.40. The Bertz CT molecular complexity index is 667. The van der Waals surface area contributed by atoms with Gasteiger partial charge in [0.05, 0.1) is 19.3 Å². The zero-order chi connectivity index (χ0) is 18.1. The summed E-state index contributed by atoms with van der Waals surface area (Å²) in [6, 6.07) is 9.67. The number of aryl methyl sites for hydroxylation is 1. The average Bonchev–Trinajstić information content (AvgIpc) is 3.05. The number of aliphatic hydroxyl groups is 1. The normalized spacial score (nSPS) is 14.0. The van der Waals surface area contributed by atoms with Crippen molar-refractivity contribution >= 4 is 5.96 Å². The summed E-state index contributed by atoms with van der Waals surface area (Å²) in [6.45, 7) is 5.82. The Balaban J connectivity index is 1.85. The van der Waals surface area contributed by atoms with Crippen LogP contribution in [0.25, 0.3) is 0 Å². The molecule has 1 aromatic heterocycles. The van der Waals surface area contributed by atoms with Crippen LogP contribution in [-0.2, 0) is 12.6 Å². The minimum absolute atomic E-state index is 0.230. The van der Waals surface area contributed by atoms with Crippen molar-refractivity contribution in [3.8, 4) is 5.75 Å². The summed E-state index contributed by atoms with van der Waals surface area (Å²) in [5.41, 5.74) is -0.334. The van der Waals surface area contributed by atoms with E-state index in [1.807, 2.05) is 44.3 Å². The lowest BCUT2D eigenvalue weighted by atomic mass is 10.0. The van der Waals surface area contributed by atoms with Crippen molar-refractivity contribution in [1.82, 2.24) is 20.4 Å². The summed E-state index contributed by atoms with van der Waals surface area (Å²) in [6.07, 6.45) is 3.45. The number of benzene rings is 1. The molecule has 1 aromatic carbocycles. The van der Waals surface area contributed by atoms with Crippen LogP contribution in [0.1, 0.15) is 19.4 Å². The third kappa shape index (κ3) is 6.11. The molecule has 2 aromatic rings. The van der Waals surface area contributed by atoms with Gasteiger partial charge in [0, 0.05) is 25.4 Å². The van der Waals surface area contributed by atoms with Crippen molar-refractivity contribution in [2.24, 2.45) is 12.0 Å². The van der Waals surface area contributed by atoms with Crippen molar-refractivity contribution in [1.29, 1.82) is 0 Å². The summed E-state index contributed by atoms with van der Waals surface area (Å²) in [7, 11) is 1.82. The van der Waals surface area contributed by atoms with Gasteiger partial charge in [0.2, 0.25) is 0 Å². The van der Waals surface area contributed by atoms with E-state index in [2.05, 4.69) is 20.7 Å². The number of rotatable bonds is 8. The van der Waals surface area contributed by atoms with Gasteiger partial charge >= 0.3 is 0 Å². The van der Waals surface area contributed by atoms with Gasteiger partial charge in [-0.1, -0.05) is 18.2 Å². The maximum Gasteiger partial charge on any atom is 0.191 e. The van der Waals surface area contributed by atoms with Crippen LogP contribution in [0.4, 0.5) is 0 Å². The molecule has 1 unspecified atom stereocenters. The third-order valence-corrected chi connectivity index (χ3v) is 3.62. The predicted octanol–water partition coefficient (Wildman–Crippen LogP) is 1.26. The Morgan fingerprint density at radius 2 is 2.08 bits per heavy atom. The molecule has 1 heterocycles. The molecule has 0 fully saturated rings. The van der Waals surface area contributed by atoms with Crippen LogP contribution in [0.3, 0.4) is 0 Å². The summed E-state index contributed by atoms with van der Waals surface area (Å²) in [5, 5.41) is 21.1. The van der Waals surface area contributed by atoms with Gasteiger partial charge in [-0.3, -0.25) is 4.68 Å². The van der Waals surface area contributed by atoms with E-state index < -0.39 is 5.60 Å². The minimum atomic E-state index is -1.07. The standard InChI is InChI=1S/C18H27N5O2/c1-4-19-17(20-10-11-25-16-8-6-5-7-9-16)21-14-18(2,24)15-12-22-23(3)13-15/h5-9,12-13,24H,4,10-11,14H2,1-3H3,(H2,19,20,21). The number of aliphatic imine (C=N–C) groups is 1. The van der Waals surface area contributed by atoms with Crippen molar-refractivity contribution in [3.05, 3.63) is 48.3 Å². The fourth-order valence-electron chi connectivity index (χ4n) is 2.22. The van der Waals surface area contributed by atoms with Crippen molar-refractivity contribution in [3.63, 3.8) is 0 Å². The first-order chi connectivity index (χ1) is 12.0. The highest BCUT2D eigenvalue weighted by molar-refractivity contribution is 5.79. The fourth-order valence-corrected chi connectivity index (χ4v) is 2.22. The fraction of sp³-hybridized carbons (Fsp3) is 0.444. The van der Waals surface area contributed by atoms with E-state index in [9.17, 15) is 5.11 Å². The predicted molar refractivity (Wildman–Crippen MR) is 98.7 cm³/mol. The Labute approximate surface area is 148 Å². The summed E-state index contributed by atoms with van der Waals surface area (Å²) < 4.78 is 7.31. The first kappa shape index (κ1) is 18.8. The second kappa shape index (κ2) is 9.08. The number of nitrogens with zero attached hydrogens (tertiary/aromatic N) is 3. The smallest absolute Gasteiger partial charge is 0.191 e. The van der Waals surface area contributed by atoms with Crippen molar-refractivity contribution in [2.45, 2.75) is 19.4 Å². The van der Waals surface area contributed by atoms with Gasteiger partial charge < -0.3 is 20.5 Å². The van der Waals surface area contributed by atoms with E-state index >= 15 is 0 Å². The number of aromatic nitrogens is 2. The largest absolute Gasteiger partial charge is 0.492 e. The lowest BCUT2D eigenvalue weighted by Gasteiger charge is -2.20. The zero-order valence-corrected chi connectivity index (χ0v) is 15.1. The molecule has 25 heavy (non-hydrogen) atoms. The van der Waals surface area contributed by atoms with Crippen LogP contribution in [-0.4, -0.2) is 47.1 Å². The molecule has 0 radical (unpaired) electrons. The second-order valence-corrected chi connectivity index (χ2v) is 5.96. The van der Waals surface area contributed by atoms with Gasteiger partial charge in [-0.15, -0.1) is 0 Å². The molecular weight excluding hydrogens is 318 g/mol. The monoisotopic (exact) mass is 345 g/mol. The SMILES string of the molecule is CCNC(=NCC(C)(O)c1cnn(C)c1)NCCOc1ccccc1. The van der Waals surface area contributed by atoms with Gasteiger partial charge in [-0.2, -0.15) is 5.10 Å². The maximum atomic E-state index is 10.6. The molecule has 0 amide bonds. The minimum Gasteiger partial charge on any atom is -0.492 e. The van der Waals surface area contributed by atoms with Crippen molar-refractivity contribution in [2.75, 3.05) is 26.2 Å². The topological polar surface area (TPSA) is 83.7 Å². The molecule has 0 spiro atoms. The van der Waals surface area contributed by atoms with E-state index in [1.54, 1.807) is 24.0 Å². The summed E-state index contributed by atoms with van der Waals surface area (Å²) in [5.74, 6) is 1.48. The highest BCUT2D eigenvalue weighted by Gasteiger charge is 2.24. The van der Waals surface area contributed by atoms with E-state index in [1.165, 1.54) is 0 Å². The average molecular weight is 345 g/mol. The number of ether oxygens (including phenoxy) is 1. The third-order valence-electron chi connectivity index (χ3n) is 3.62. The van der Waals surface area contributed by atoms with E-state index in [-0.39, 0.29) is 6.54 Å². The number of hydrogen-bond donors (Lipinski definition) is 3. The molecule has 0 aliphatic carbocycles. The van der Waals surface area contributed by atoms with Gasteiger partial charge in [0.15, 0.2) is 5.96 Å². The molecule has 136 valence electrons. The van der Waals surface area contributed by atoms with E-state index in [0.717, 1.165) is 17.9 Å². The van der Waals surface area contributed by atoms with Gasteiger partial charge in [-0.05, 0) is 26.0 Å². The molecule has 0 saturated heterocycles. The number of guanidine groups is 1. The second-order valence-electron chi connectivity index (χ2n) is 5.96. The zero-order valence-electron chi connectivity index (χ0n) is 15.1. The van der Waals surface area contributed by atoms with E-state index in [0.29, 0.717) is 19.1 Å². The maximum absolute atomic E-state index is 10.6. The molecule has 0 bridgehead atoms. The molecule has 3 N–H and O–H groups in total. The lowest BCUT2D eigenvalue weighted by molar-refractivity contribution is 0.0672. The Morgan fingerprint density at radius 1 is 1.32 bits per heavy atom. The quantitative estimate of drug-likeness (QED) is 0.381. The van der Waals surface area contributed by atoms with Crippen LogP contribution >= 0.6 is 0 Å². The van der Waals surface area contributed by atoms with Crippen LogP contribution in [0.2, 0.25) is 0 Å². The van der Waals surface area contributed by atoms with Crippen LogP contribution in [0.15, 0.2) is 47.7 Å².